The Morgan fingerprint density at radius 3 is 2.76 bits per heavy atom. The number of carbonyl (C=O) groups excluding carboxylic acids is 1. The van der Waals surface area contributed by atoms with E-state index in [1.807, 2.05) is 6.92 Å². The smallest absolute Gasteiger partial charge is 0.254 e. The minimum Gasteiger partial charge on any atom is -0.373 e. The van der Waals surface area contributed by atoms with Gasteiger partial charge in [0, 0.05) is 31.9 Å². The molecule has 0 radical (unpaired) electrons. The van der Waals surface area contributed by atoms with Crippen LogP contribution in [-0.2, 0) is 6.54 Å². The van der Waals surface area contributed by atoms with Crippen LogP contribution in [-0.4, -0.2) is 29.9 Å². The van der Waals surface area contributed by atoms with Crippen molar-refractivity contribution < 1.29 is 9.18 Å². The van der Waals surface area contributed by atoms with Crippen LogP contribution in [0.25, 0.3) is 0 Å². The molecule has 4 nitrogen and oxygen atoms in total. The molecule has 0 saturated heterocycles. The van der Waals surface area contributed by atoms with Gasteiger partial charge in [-0.25, -0.2) is 9.37 Å². The maximum absolute atomic E-state index is 13.2. The molecule has 110 valence electrons. The lowest BCUT2D eigenvalue weighted by Crippen LogP contribution is -2.26. The Morgan fingerprint density at radius 1 is 1.33 bits per heavy atom. The number of nitrogens with zero attached hydrogens (tertiary/aromatic N) is 2. The monoisotopic (exact) mass is 287 g/mol. The fourth-order valence-electron chi connectivity index (χ4n) is 2.12. The predicted octanol–water partition coefficient (Wildman–Crippen LogP) is 2.84. The maximum atomic E-state index is 13.2. The van der Waals surface area contributed by atoms with Crippen molar-refractivity contribution in [3.63, 3.8) is 0 Å². The summed E-state index contributed by atoms with van der Waals surface area (Å²) in [5.41, 5.74) is 2.08. The van der Waals surface area contributed by atoms with Gasteiger partial charge in [-0.2, -0.15) is 0 Å². The molecule has 2 aromatic rings. The number of hydrogen-bond acceptors (Lipinski definition) is 3. The largest absolute Gasteiger partial charge is 0.373 e. The summed E-state index contributed by atoms with van der Waals surface area (Å²) >= 11 is 0. The lowest BCUT2D eigenvalue weighted by atomic mass is 10.1. The zero-order valence-corrected chi connectivity index (χ0v) is 12.4. The van der Waals surface area contributed by atoms with Gasteiger partial charge in [0.05, 0.1) is 0 Å². The molecule has 1 aromatic heterocycles. The van der Waals surface area contributed by atoms with Crippen LogP contribution in [0.1, 0.15) is 21.6 Å². The molecule has 0 aliphatic heterocycles. The summed E-state index contributed by atoms with van der Waals surface area (Å²) in [6.07, 6.45) is 0. The second-order valence-corrected chi connectivity index (χ2v) is 4.92. The third-order valence-electron chi connectivity index (χ3n) is 3.11. The third-order valence-corrected chi connectivity index (χ3v) is 3.11. The van der Waals surface area contributed by atoms with E-state index in [2.05, 4.69) is 10.3 Å². The Hall–Kier alpha value is -2.43. The summed E-state index contributed by atoms with van der Waals surface area (Å²) in [7, 11) is 3.45. The van der Waals surface area contributed by atoms with E-state index in [9.17, 15) is 9.18 Å². The topological polar surface area (TPSA) is 45.2 Å². The Kier molecular flexibility index (Phi) is 4.52. The molecule has 5 heteroatoms. The van der Waals surface area contributed by atoms with E-state index in [0.717, 1.165) is 11.3 Å². The summed E-state index contributed by atoms with van der Waals surface area (Å²) < 4.78 is 13.2. The summed E-state index contributed by atoms with van der Waals surface area (Å²) in [6, 6.07) is 9.70. The SMILES string of the molecule is CNc1cc(C(=O)N(C)Cc2cccc(F)c2)cc(C)n1. The van der Waals surface area contributed by atoms with E-state index < -0.39 is 0 Å². The van der Waals surface area contributed by atoms with Gasteiger partial charge in [-0.05, 0) is 36.8 Å². The fourth-order valence-corrected chi connectivity index (χ4v) is 2.12. The van der Waals surface area contributed by atoms with E-state index >= 15 is 0 Å². The van der Waals surface area contributed by atoms with Crippen molar-refractivity contribution >= 4 is 11.7 Å². The number of rotatable bonds is 4. The number of carbonyl (C=O) groups is 1. The molecule has 0 spiro atoms. The van der Waals surface area contributed by atoms with E-state index in [1.54, 1.807) is 43.3 Å². The van der Waals surface area contributed by atoms with Gasteiger partial charge >= 0.3 is 0 Å². The first kappa shape index (κ1) is 15.0. The Bertz CT molecular complexity index is 658. The molecule has 0 bridgehead atoms. The molecule has 1 aromatic carbocycles. The van der Waals surface area contributed by atoms with Gasteiger partial charge in [0.2, 0.25) is 0 Å². The number of aryl methyl sites for hydroxylation is 1. The molecular formula is C16H18FN3O. The minimum absolute atomic E-state index is 0.124. The molecule has 1 N–H and O–H groups in total. The van der Waals surface area contributed by atoms with Crippen LogP contribution in [0.15, 0.2) is 36.4 Å². The molecule has 0 saturated carbocycles. The predicted molar refractivity (Wildman–Crippen MR) is 80.7 cm³/mol. The van der Waals surface area contributed by atoms with Crippen LogP contribution in [0.3, 0.4) is 0 Å². The Balaban J connectivity index is 2.17. The fraction of sp³-hybridized carbons (Fsp3) is 0.250. The van der Waals surface area contributed by atoms with E-state index in [4.69, 9.17) is 0 Å². The average molecular weight is 287 g/mol. The van der Waals surface area contributed by atoms with Gasteiger partial charge in [-0.1, -0.05) is 12.1 Å². The van der Waals surface area contributed by atoms with Crippen LogP contribution < -0.4 is 5.32 Å². The second-order valence-electron chi connectivity index (χ2n) is 4.92. The van der Waals surface area contributed by atoms with Crippen molar-refractivity contribution in [2.45, 2.75) is 13.5 Å². The number of hydrogen-bond donors (Lipinski definition) is 1. The zero-order chi connectivity index (χ0) is 15.4. The molecular weight excluding hydrogens is 269 g/mol. The zero-order valence-electron chi connectivity index (χ0n) is 12.4. The summed E-state index contributed by atoms with van der Waals surface area (Å²) in [5, 5.41) is 2.93. The second kappa shape index (κ2) is 6.35. The first-order valence-corrected chi connectivity index (χ1v) is 6.66. The van der Waals surface area contributed by atoms with Crippen molar-refractivity contribution in [1.82, 2.24) is 9.88 Å². The van der Waals surface area contributed by atoms with Crippen LogP contribution in [0.2, 0.25) is 0 Å². The molecule has 0 aliphatic rings. The molecule has 0 aliphatic carbocycles. The average Bonchev–Trinajstić information content (AvgIpc) is 2.45. The number of halogens is 1. The highest BCUT2D eigenvalue weighted by Crippen LogP contribution is 2.13. The molecule has 0 atom stereocenters. The first-order chi connectivity index (χ1) is 9.99. The van der Waals surface area contributed by atoms with Crippen molar-refractivity contribution in [3.8, 4) is 0 Å². The van der Waals surface area contributed by atoms with Gasteiger partial charge in [-0.3, -0.25) is 4.79 Å². The Morgan fingerprint density at radius 2 is 2.10 bits per heavy atom. The summed E-state index contributed by atoms with van der Waals surface area (Å²) in [4.78, 5) is 18.2. The summed E-state index contributed by atoms with van der Waals surface area (Å²) in [5.74, 6) is 0.226. The van der Waals surface area contributed by atoms with E-state index in [0.29, 0.717) is 17.9 Å². The standard InChI is InChI=1S/C16H18FN3O/c1-11-7-13(9-15(18-2)19-11)16(21)20(3)10-12-5-4-6-14(17)8-12/h4-9H,10H2,1-3H3,(H,18,19). The van der Waals surface area contributed by atoms with Crippen LogP contribution in [0.4, 0.5) is 10.2 Å². The van der Waals surface area contributed by atoms with Crippen molar-refractivity contribution in [2.24, 2.45) is 0 Å². The number of aromatic nitrogens is 1. The lowest BCUT2D eigenvalue weighted by Gasteiger charge is -2.18. The van der Waals surface area contributed by atoms with Crippen LogP contribution in [0.5, 0.6) is 0 Å². The molecule has 1 heterocycles. The summed E-state index contributed by atoms with van der Waals surface area (Å²) in [6.45, 7) is 2.19. The van der Waals surface area contributed by atoms with Gasteiger partial charge in [0.25, 0.3) is 5.91 Å². The molecule has 0 unspecified atom stereocenters. The van der Waals surface area contributed by atoms with Crippen molar-refractivity contribution in [2.75, 3.05) is 19.4 Å². The number of benzene rings is 1. The number of pyridine rings is 1. The normalized spacial score (nSPS) is 10.3. The highest BCUT2D eigenvalue weighted by molar-refractivity contribution is 5.94. The van der Waals surface area contributed by atoms with E-state index in [1.165, 1.54) is 12.1 Å². The minimum atomic E-state index is -0.300. The number of nitrogens with one attached hydrogen (secondary N) is 1. The van der Waals surface area contributed by atoms with Crippen LogP contribution >= 0.6 is 0 Å². The van der Waals surface area contributed by atoms with Gasteiger partial charge in [0.1, 0.15) is 11.6 Å². The number of anilines is 1. The Labute approximate surface area is 123 Å². The lowest BCUT2D eigenvalue weighted by molar-refractivity contribution is 0.0785. The van der Waals surface area contributed by atoms with E-state index in [-0.39, 0.29) is 11.7 Å². The highest BCUT2D eigenvalue weighted by Gasteiger charge is 2.14. The molecule has 1 amide bonds. The van der Waals surface area contributed by atoms with Gasteiger partial charge < -0.3 is 10.2 Å². The molecule has 0 fully saturated rings. The van der Waals surface area contributed by atoms with Crippen molar-refractivity contribution in [3.05, 3.63) is 59.0 Å². The number of amides is 1. The van der Waals surface area contributed by atoms with Crippen LogP contribution in [0, 0.1) is 12.7 Å². The van der Waals surface area contributed by atoms with Crippen molar-refractivity contribution in [1.29, 1.82) is 0 Å². The third kappa shape index (κ3) is 3.78. The highest BCUT2D eigenvalue weighted by atomic mass is 19.1. The van der Waals surface area contributed by atoms with Gasteiger partial charge in [-0.15, -0.1) is 0 Å². The molecule has 2 rings (SSSR count). The molecule has 21 heavy (non-hydrogen) atoms. The van der Waals surface area contributed by atoms with Gasteiger partial charge in [0.15, 0.2) is 0 Å². The quantitative estimate of drug-likeness (QED) is 0.940. The first-order valence-electron chi connectivity index (χ1n) is 6.66. The maximum Gasteiger partial charge on any atom is 0.254 e.